The zero-order valence-corrected chi connectivity index (χ0v) is 19.3. The average molecular weight is 448 g/mol. The molecule has 3 aliphatic rings. The SMILES string of the molecule is CCCCC1=N[C@H]2Sc3c(ncn4c(SCc5ccccc5)nnc34)[C@H]2C2=C1CCC2. The molecule has 2 atom stereocenters. The monoisotopic (exact) mass is 447 g/mol. The molecular formula is C24H25N5S2. The lowest BCUT2D eigenvalue weighted by atomic mass is 9.87. The molecule has 1 aliphatic carbocycles. The molecule has 0 radical (unpaired) electrons. The van der Waals surface area contributed by atoms with Gasteiger partial charge in [-0.2, -0.15) is 0 Å². The average Bonchev–Trinajstić information content (AvgIpc) is 3.52. The predicted molar refractivity (Wildman–Crippen MR) is 127 cm³/mol. The van der Waals surface area contributed by atoms with Gasteiger partial charge in [-0.05, 0) is 43.2 Å². The highest BCUT2D eigenvalue weighted by molar-refractivity contribution is 8.00. The minimum atomic E-state index is 0.217. The first-order valence-electron chi connectivity index (χ1n) is 11.2. The number of hydrogen-bond donors (Lipinski definition) is 0. The summed E-state index contributed by atoms with van der Waals surface area (Å²) in [6, 6.07) is 10.5. The van der Waals surface area contributed by atoms with Crippen LogP contribution >= 0.6 is 23.5 Å². The Morgan fingerprint density at radius 3 is 2.94 bits per heavy atom. The van der Waals surface area contributed by atoms with Gasteiger partial charge in [-0.25, -0.2) is 4.98 Å². The van der Waals surface area contributed by atoms with Crippen molar-refractivity contribution >= 4 is 34.9 Å². The fourth-order valence-electron chi connectivity index (χ4n) is 4.98. The maximum absolute atomic E-state index is 5.25. The summed E-state index contributed by atoms with van der Waals surface area (Å²) >= 11 is 3.56. The molecule has 0 fully saturated rings. The molecule has 0 spiro atoms. The van der Waals surface area contributed by atoms with E-state index in [1.165, 1.54) is 54.0 Å². The summed E-state index contributed by atoms with van der Waals surface area (Å²) < 4.78 is 2.06. The van der Waals surface area contributed by atoms with Crippen molar-refractivity contribution in [3.05, 3.63) is 59.1 Å². The van der Waals surface area contributed by atoms with Crippen molar-refractivity contribution in [2.24, 2.45) is 4.99 Å². The molecule has 31 heavy (non-hydrogen) atoms. The van der Waals surface area contributed by atoms with Crippen molar-refractivity contribution < 1.29 is 0 Å². The van der Waals surface area contributed by atoms with Gasteiger partial charge in [0.1, 0.15) is 11.7 Å². The molecule has 6 rings (SSSR count). The molecule has 1 aromatic carbocycles. The fourth-order valence-corrected chi connectivity index (χ4v) is 7.23. The lowest BCUT2D eigenvalue weighted by Gasteiger charge is -2.26. The van der Waals surface area contributed by atoms with E-state index >= 15 is 0 Å². The number of nitrogens with zero attached hydrogens (tertiary/aromatic N) is 5. The number of unbranched alkanes of at least 4 members (excludes halogenated alkanes) is 1. The van der Waals surface area contributed by atoms with Crippen LogP contribution in [-0.4, -0.2) is 30.7 Å². The molecular weight excluding hydrogens is 422 g/mol. The highest BCUT2D eigenvalue weighted by Gasteiger charge is 2.44. The van der Waals surface area contributed by atoms with E-state index in [4.69, 9.17) is 9.98 Å². The lowest BCUT2D eigenvalue weighted by molar-refractivity contribution is 0.692. The molecule has 2 aliphatic heterocycles. The van der Waals surface area contributed by atoms with E-state index in [1.54, 1.807) is 22.9 Å². The number of benzene rings is 1. The highest BCUT2D eigenvalue weighted by atomic mass is 32.2. The van der Waals surface area contributed by atoms with Gasteiger partial charge in [0.15, 0.2) is 10.8 Å². The van der Waals surface area contributed by atoms with E-state index in [0.29, 0.717) is 5.92 Å². The summed E-state index contributed by atoms with van der Waals surface area (Å²) in [7, 11) is 0. The van der Waals surface area contributed by atoms with Gasteiger partial charge in [-0.1, -0.05) is 72.8 Å². The maximum atomic E-state index is 5.25. The van der Waals surface area contributed by atoms with Gasteiger partial charge in [-0.15, -0.1) is 10.2 Å². The summed E-state index contributed by atoms with van der Waals surface area (Å²) in [5.74, 6) is 1.20. The molecule has 158 valence electrons. The van der Waals surface area contributed by atoms with Crippen LogP contribution in [0.25, 0.3) is 5.65 Å². The maximum Gasteiger partial charge on any atom is 0.197 e. The number of aromatic nitrogens is 4. The normalized spacial score (nSPS) is 21.9. The molecule has 0 unspecified atom stereocenters. The van der Waals surface area contributed by atoms with Crippen molar-refractivity contribution in [3.8, 4) is 0 Å². The second-order valence-electron chi connectivity index (χ2n) is 8.43. The minimum Gasteiger partial charge on any atom is -0.274 e. The number of rotatable bonds is 6. The van der Waals surface area contributed by atoms with Crippen molar-refractivity contribution in [2.75, 3.05) is 0 Å². The summed E-state index contributed by atoms with van der Waals surface area (Å²) in [4.78, 5) is 11.4. The van der Waals surface area contributed by atoms with E-state index in [-0.39, 0.29) is 5.37 Å². The number of thioether (sulfide) groups is 2. The van der Waals surface area contributed by atoms with Gasteiger partial charge in [-0.3, -0.25) is 9.39 Å². The van der Waals surface area contributed by atoms with Gasteiger partial charge >= 0.3 is 0 Å². The Morgan fingerprint density at radius 2 is 2.06 bits per heavy atom. The molecule has 4 heterocycles. The standard InChI is InChI=1S/C24H25N5S2/c1-2-3-12-18-16-10-7-11-17(16)19-20-21(31-23(19)26-18)22-27-28-24(29(22)14-25-20)30-13-15-8-5-4-6-9-15/h4-6,8-9,14,19,23H,2-3,7,10-13H2,1H3/t19-,23+/m1/s1. The molecule has 2 aromatic heterocycles. The van der Waals surface area contributed by atoms with Crippen LogP contribution in [0.15, 0.2) is 62.8 Å². The van der Waals surface area contributed by atoms with Crippen molar-refractivity contribution in [3.63, 3.8) is 0 Å². The van der Waals surface area contributed by atoms with Crippen LogP contribution in [0.2, 0.25) is 0 Å². The van der Waals surface area contributed by atoms with Gasteiger partial charge in [0.25, 0.3) is 0 Å². The van der Waals surface area contributed by atoms with Crippen LogP contribution in [0.5, 0.6) is 0 Å². The van der Waals surface area contributed by atoms with E-state index in [2.05, 4.69) is 45.8 Å². The van der Waals surface area contributed by atoms with E-state index < -0.39 is 0 Å². The third kappa shape index (κ3) is 3.33. The topological polar surface area (TPSA) is 55.4 Å². The number of fused-ring (bicyclic) bond motifs is 6. The molecule has 0 bridgehead atoms. The Morgan fingerprint density at radius 1 is 1.16 bits per heavy atom. The van der Waals surface area contributed by atoms with Gasteiger partial charge in [0, 0.05) is 11.5 Å². The Balaban J connectivity index is 1.33. The van der Waals surface area contributed by atoms with Gasteiger partial charge < -0.3 is 0 Å². The quantitative estimate of drug-likeness (QED) is 0.430. The molecule has 3 aromatic rings. The fraction of sp³-hybridized carbons (Fsp3) is 0.417. The van der Waals surface area contributed by atoms with Gasteiger partial charge in [0.05, 0.1) is 16.5 Å². The van der Waals surface area contributed by atoms with E-state index in [0.717, 1.165) is 23.0 Å². The number of aliphatic imine (C=N–C) groups is 1. The molecule has 0 N–H and O–H groups in total. The largest absolute Gasteiger partial charge is 0.274 e. The third-order valence-corrected chi connectivity index (χ3v) is 8.74. The molecule has 7 heteroatoms. The van der Waals surface area contributed by atoms with Gasteiger partial charge in [0.2, 0.25) is 0 Å². The van der Waals surface area contributed by atoms with Crippen LogP contribution in [0.3, 0.4) is 0 Å². The first-order valence-corrected chi connectivity index (χ1v) is 13.1. The minimum absolute atomic E-state index is 0.217. The second kappa shape index (κ2) is 8.10. The van der Waals surface area contributed by atoms with Crippen LogP contribution in [0, 0.1) is 0 Å². The van der Waals surface area contributed by atoms with Crippen molar-refractivity contribution in [2.45, 2.75) is 72.5 Å². The summed E-state index contributed by atoms with van der Waals surface area (Å²) in [5.41, 5.74) is 7.91. The molecule has 0 saturated carbocycles. The van der Waals surface area contributed by atoms with Crippen molar-refractivity contribution in [1.29, 1.82) is 0 Å². The molecule has 0 saturated heterocycles. The zero-order valence-electron chi connectivity index (χ0n) is 17.6. The van der Waals surface area contributed by atoms with Crippen LogP contribution in [-0.2, 0) is 5.75 Å². The predicted octanol–water partition coefficient (Wildman–Crippen LogP) is 6.06. The summed E-state index contributed by atoms with van der Waals surface area (Å²) in [6.07, 6.45) is 9.12. The lowest BCUT2D eigenvalue weighted by Crippen LogP contribution is -2.21. The Bertz CT molecular complexity index is 1200. The summed E-state index contributed by atoms with van der Waals surface area (Å²) in [5, 5.41) is 10.2. The first-order chi connectivity index (χ1) is 15.3. The molecule has 0 amide bonds. The smallest absolute Gasteiger partial charge is 0.197 e. The van der Waals surface area contributed by atoms with E-state index in [1.807, 2.05) is 24.2 Å². The Labute approximate surface area is 190 Å². The van der Waals surface area contributed by atoms with Crippen LogP contribution in [0.4, 0.5) is 0 Å². The summed E-state index contributed by atoms with van der Waals surface area (Å²) in [6.45, 7) is 2.26. The Hall–Kier alpha value is -2.12. The number of hydrogen-bond acceptors (Lipinski definition) is 6. The van der Waals surface area contributed by atoms with Crippen LogP contribution < -0.4 is 0 Å². The first kappa shape index (κ1) is 19.6. The van der Waals surface area contributed by atoms with E-state index in [9.17, 15) is 0 Å². The third-order valence-electron chi connectivity index (χ3n) is 6.48. The van der Waals surface area contributed by atoms with Crippen LogP contribution in [0.1, 0.15) is 62.6 Å². The Kier molecular flexibility index (Phi) is 5.11. The molecule has 5 nitrogen and oxygen atoms in total. The second-order valence-corrected chi connectivity index (χ2v) is 10.5. The van der Waals surface area contributed by atoms with Crippen molar-refractivity contribution in [1.82, 2.24) is 19.6 Å². The highest BCUT2D eigenvalue weighted by Crippen LogP contribution is 2.55. The zero-order chi connectivity index (χ0) is 20.8. The number of dihydropyridines is 1. The number of allylic oxidation sites excluding steroid dienone is 1.